The zero-order valence-electron chi connectivity index (χ0n) is 25.4. The van der Waals surface area contributed by atoms with Crippen molar-refractivity contribution < 1.29 is 22.7 Å². The number of carbonyl (C=O) groups is 1. The highest BCUT2D eigenvalue weighted by Gasteiger charge is 2.26. The molecule has 0 radical (unpaired) electrons. The summed E-state index contributed by atoms with van der Waals surface area (Å²) in [6, 6.07) is 13.6. The first-order valence-corrected chi connectivity index (χ1v) is 15.8. The van der Waals surface area contributed by atoms with E-state index in [9.17, 15) is 13.2 Å². The predicted molar refractivity (Wildman–Crippen MR) is 164 cm³/mol. The molecular formula is C34H43NO5S. The number of esters is 1. The van der Waals surface area contributed by atoms with Gasteiger partial charge in [-0.1, -0.05) is 68.8 Å². The Morgan fingerprint density at radius 1 is 0.927 bits per heavy atom. The highest BCUT2D eigenvalue weighted by atomic mass is 32.2. The van der Waals surface area contributed by atoms with Crippen molar-refractivity contribution in [1.29, 1.82) is 0 Å². The zero-order valence-corrected chi connectivity index (χ0v) is 26.2. The minimum Gasteiger partial charge on any atom is -0.486 e. The zero-order chi connectivity index (χ0) is 30.0. The molecular weight excluding hydrogens is 534 g/mol. The Kier molecular flexibility index (Phi) is 8.88. The lowest BCUT2D eigenvalue weighted by atomic mass is 9.84. The summed E-state index contributed by atoms with van der Waals surface area (Å²) in [6.07, 6.45) is 7.59. The van der Waals surface area contributed by atoms with Crippen LogP contribution in [0.25, 0.3) is 11.1 Å². The Balaban J connectivity index is 1.57. The second-order valence-electron chi connectivity index (χ2n) is 13.0. The molecule has 0 heterocycles. The molecule has 6 nitrogen and oxygen atoms in total. The molecule has 0 aromatic heterocycles. The number of nitrogens with one attached hydrogen (secondary N) is 1. The first kappa shape index (κ1) is 30.6. The van der Waals surface area contributed by atoms with Crippen LogP contribution in [-0.4, -0.2) is 26.6 Å². The Hall–Kier alpha value is -3.32. The minimum absolute atomic E-state index is 0.0169. The van der Waals surface area contributed by atoms with E-state index < -0.39 is 21.6 Å². The van der Waals surface area contributed by atoms with Gasteiger partial charge < -0.3 is 9.47 Å². The van der Waals surface area contributed by atoms with Crippen molar-refractivity contribution in [2.45, 2.75) is 96.5 Å². The van der Waals surface area contributed by atoms with Crippen molar-refractivity contribution >= 4 is 16.0 Å². The van der Waals surface area contributed by atoms with Gasteiger partial charge in [-0.15, -0.1) is 0 Å². The largest absolute Gasteiger partial charge is 0.486 e. The van der Waals surface area contributed by atoms with Crippen LogP contribution in [0.2, 0.25) is 0 Å². The van der Waals surface area contributed by atoms with Gasteiger partial charge in [0.2, 0.25) is 0 Å². The number of hydrogen-bond donors (Lipinski definition) is 1. The third-order valence-electron chi connectivity index (χ3n) is 7.16. The monoisotopic (exact) mass is 577 g/mol. The standard InChI is InChI=1S/C34H43NO5S/c1-23-19-25(21-26(20-23)33(2,3)4)24-15-17-27(18-16-24)41(37,38)35-30-13-9-8-11-29-28(30)12-10-14-31(29)39-22-32(36)40-34(5,6)7/h10,12,15-21,35H,8-9,11,13-14,22H2,1-7H3. The molecule has 0 saturated carbocycles. The molecule has 0 unspecified atom stereocenters. The Morgan fingerprint density at radius 3 is 2.27 bits per heavy atom. The third kappa shape index (κ3) is 7.91. The highest BCUT2D eigenvalue weighted by Crippen LogP contribution is 2.36. The van der Waals surface area contributed by atoms with E-state index in [2.05, 4.69) is 50.6 Å². The number of sulfonamides is 1. The van der Waals surface area contributed by atoms with E-state index in [-0.39, 0.29) is 16.9 Å². The molecule has 2 aliphatic carbocycles. The van der Waals surface area contributed by atoms with Crippen LogP contribution in [0.4, 0.5) is 0 Å². The van der Waals surface area contributed by atoms with Crippen LogP contribution in [0, 0.1) is 6.92 Å². The summed E-state index contributed by atoms with van der Waals surface area (Å²) in [5, 5.41) is 0. The van der Waals surface area contributed by atoms with E-state index in [4.69, 9.17) is 9.47 Å². The predicted octanol–water partition coefficient (Wildman–Crippen LogP) is 7.64. The second-order valence-corrected chi connectivity index (χ2v) is 14.6. The lowest BCUT2D eigenvalue weighted by Gasteiger charge is -2.23. The fourth-order valence-electron chi connectivity index (χ4n) is 5.15. The number of rotatable bonds is 7. The normalized spacial score (nSPS) is 16.3. The van der Waals surface area contributed by atoms with E-state index in [0.717, 1.165) is 41.5 Å². The van der Waals surface area contributed by atoms with Gasteiger partial charge in [-0.3, -0.25) is 4.72 Å². The quantitative estimate of drug-likeness (QED) is 0.342. The van der Waals surface area contributed by atoms with Crippen LogP contribution in [0.15, 0.2) is 82.1 Å². The molecule has 0 saturated heterocycles. The summed E-state index contributed by atoms with van der Waals surface area (Å²) in [6.45, 7) is 13.9. The Morgan fingerprint density at radius 2 is 1.61 bits per heavy atom. The molecule has 220 valence electrons. The van der Waals surface area contributed by atoms with Crippen LogP contribution in [-0.2, 0) is 29.7 Å². The third-order valence-corrected chi connectivity index (χ3v) is 8.57. The van der Waals surface area contributed by atoms with Gasteiger partial charge >= 0.3 is 5.97 Å². The van der Waals surface area contributed by atoms with Gasteiger partial charge in [-0.2, -0.15) is 0 Å². The summed E-state index contributed by atoms with van der Waals surface area (Å²) in [4.78, 5) is 12.5. The van der Waals surface area contributed by atoms with Crippen LogP contribution in [0.5, 0.6) is 0 Å². The lowest BCUT2D eigenvalue weighted by molar-refractivity contribution is -0.158. The van der Waals surface area contributed by atoms with Crippen molar-refractivity contribution in [3.63, 3.8) is 0 Å². The molecule has 2 aromatic carbocycles. The van der Waals surface area contributed by atoms with E-state index in [1.165, 1.54) is 11.1 Å². The number of fused-ring (bicyclic) bond motifs is 1. The number of allylic oxidation sites excluding steroid dienone is 5. The summed E-state index contributed by atoms with van der Waals surface area (Å²) in [5.74, 6) is 0.271. The molecule has 2 aliphatic rings. The first-order chi connectivity index (χ1) is 19.1. The van der Waals surface area contributed by atoms with Gasteiger partial charge in [0.05, 0.1) is 4.90 Å². The van der Waals surface area contributed by atoms with Gasteiger partial charge in [0.1, 0.15) is 11.4 Å². The number of carbonyl (C=O) groups excluding carboxylic acids is 1. The molecule has 0 aliphatic heterocycles. The van der Waals surface area contributed by atoms with Crippen molar-refractivity contribution in [2.24, 2.45) is 0 Å². The SMILES string of the molecule is Cc1cc(-c2ccc(S(=O)(=O)NC3=C4C=CCC(OCC(=O)OC(C)(C)C)=C4CCCC3)cc2)cc(C(C)(C)C)c1. The number of hydrogen-bond acceptors (Lipinski definition) is 5. The summed E-state index contributed by atoms with van der Waals surface area (Å²) < 4.78 is 41.2. The second kappa shape index (κ2) is 11.9. The van der Waals surface area contributed by atoms with Crippen LogP contribution in [0.3, 0.4) is 0 Å². The molecule has 0 amide bonds. The van der Waals surface area contributed by atoms with Crippen molar-refractivity contribution in [3.05, 3.63) is 88.3 Å². The van der Waals surface area contributed by atoms with Crippen molar-refractivity contribution in [3.8, 4) is 11.1 Å². The van der Waals surface area contributed by atoms with Crippen LogP contribution < -0.4 is 4.72 Å². The van der Waals surface area contributed by atoms with E-state index in [0.29, 0.717) is 24.3 Å². The fraction of sp³-hybridized carbons (Fsp3) is 0.441. The molecule has 0 spiro atoms. The highest BCUT2D eigenvalue weighted by molar-refractivity contribution is 7.89. The van der Waals surface area contributed by atoms with Gasteiger partial charge in [0, 0.05) is 17.7 Å². The molecule has 0 bridgehead atoms. The lowest BCUT2D eigenvalue weighted by Crippen LogP contribution is -2.27. The number of aryl methyl sites for hydroxylation is 1. The fourth-order valence-corrected chi connectivity index (χ4v) is 6.30. The van der Waals surface area contributed by atoms with Gasteiger partial charge in [0.15, 0.2) is 6.61 Å². The maximum Gasteiger partial charge on any atom is 0.344 e. The van der Waals surface area contributed by atoms with Gasteiger partial charge in [-0.25, -0.2) is 13.2 Å². The van der Waals surface area contributed by atoms with Crippen LogP contribution in [0.1, 0.15) is 84.8 Å². The van der Waals surface area contributed by atoms with Crippen molar-refractivity contribution in [1.82, 2.24) is 4.72 Å². The van der Waals surface area contributed by atoms with E-state index >= 15 is 0 Å². The molecule has 2 aromatic rings. The topological polar surface area (TPSA) is 81.7 Å². The molecule has 1 N–H and O–H groups in total. The Labute approximate surface area is 245 Å². The summed E-state index contributed by atoms with van der Waals surface area (Å²) in [7, 11) is -3.81. The number of ether oxygens (including phenoxy) is 2. The van der Waals surface area contributed by atoms with Crippen molar-refractivity contribution in [2.75, 3.05) is 6.61 Å². The summed E-state index contributed by atoms with van der Waals surface area (Å²) >= 11 is 0. The molecule has 7 heteroatoms. The van der Waals surface area contributed by atoms with Crippen LogP contribution >= 0.6 is 0 Å². The molecule has 4 rings (SSSR count). The summed E-state index contributed by atoms with van der Waals surface area (Å²) in [5.41, 5.74) is 6.34. The average Bonchev–Trinajstić information content (AvgIpc) is 3.08. The van der Waals surface area contributed by atoms with E-state index in [1.807, 2.05) is 45.1 Å². The molecule has 0 atom stereocenters. The smallest absolute Gasteiger partial charge is 0.344 e. The Bertz CT molecular complexity index is 1500. The maximum atomic E-state index is 13.5. The van der Waals surface area contributed by atoms with Gasteiger partial charge in [0.25, 0.3) is 10.0 Å². The molecule has 0 fully saturated rings. The van der Waals surface area contributed by atoms with Gasteiger partial charge in [-0.05, 0) is 93.2 Å². The maximum absolute atomic E-state index is 13.5. The molecule has 41 heavy (non-hydrogen) atoms. The van der Waals surface area contributed by atoms with E-state index in [1.54, 1.807) is 12.1 Å². The first-order valence-electron chi connectivity index (χ1n) is 14.3. The minimum atomic E-state index is -3.81. The number of benzene rings is 2. The average molecular weight is 578 g/mol.